The van der Waals surface area contributed by atoms with Crippen LogP contribution in [0.1, 0.15) is 25.7 Å². The van der Waals surface area contributed by atoms with Crippen molar-refractivity contribution in [2.45, 2.75) is 31.7 Å². The van der Waals surface area contributed by atoms with E-state index in [2.05, 4.69) is 21.3 Å². The molecule has 2 amide bonds. The molecule has 2 aliphatic rings. The summed E-state index contributed by atoms with van der Waals surface area (Å²) >= 11 is 0. The van der Waals surface area contributed by atoms with Crippen LogP contribution < -0.4 is 21.3 Å². The summed E-state index contributed by atoms with van der Waals surface area (Å²) in [7, 11) is 0. The van der Waals surface area contributed by atoms with E-state index in [1.807, 2.05) is 0 Å². The Kier molecular flexibility index (Phi) is 5.07. The normalized spacial score (nSPS) is 29.6. The van der Waals surface area contributed by atoms with E-state index in [0.717, 1.165) is 45.6 Å². The van der Waals surface area contributed by atoms with Gasteiger partial charge in [0, 0.05) is 19.1 Å². The van der Waals surface area contributed by atoms with Crippen molar-refractivity contribution in [2.24, 2.45) is 5.92 Å². The van der Waals surface area contributed by atoms with Gasteiger partial charge in [-0.15, -0.1) is 0 Å². The maximum Gasteiger partial charge on any atom is 0.315 e. The maximum absolute atomic E-state index is 11.7. The average molecular weight is 240 g/mol. The van der Waals surface area contributed by atoms with E-state index in [0.29, 0.717) is 12.0 Å². The zero-order chi connectivity index (χ0) is 11.9. The summed E-state index contributed by atoms with van der Waals surface area (Å²) < 4.78 is 0. The molecule has 2 saturated heterocycles. The first-order valence-electron chi connectivity index (χ1n) is 6.80. The standard InChI is InChI=1S/C12H24N4O/c17-12(16-11-4-2-6-14-9-11)15-8-10-3-1-5-13-7-10/h10-11,13-14H,1-9H2,(H2,15,16,17). The molecule has 0 spiro atoms. The molecular weight excluding hydrogens is 216 g/mol. The predicted octanol–water partition coefficient (Wildman–Crippen LogP) is 0.0372. The molecule has 0 aromatic carbocycles. The van der Waals surface area contributed by atoms with Crippen molar-refractivity contribution >= 4 is 6.03 Å². The van der Waals surface area contributed by atoms with E-state index < -0.39 is 0 Å². The third-order valence-corrected chi connectivity index (χ3v) is 3.58. The van der Waals surface area contributed by atoms with Crippen molar-refractivity contribution in [1.29, 1.82) is 0 Å². The fourth-order valence-corrected chi connectivity index (χ4v) is 2.55. The van der Waals surface area contributed by atoms with E-state index in [9.17, 15) is 4.79 Å². The summed E-state index contributed by atoms with van der Waals surface area (Å²) in [4.78, 5) is 11.7. The molecule has 5 nitrogen and oxygen atoms in total. The lowest BCUT2D eigenvalue weighted by molar-refractivity contribution is 0.230. The zero-order valence-electron chi connectivity index (χ0n) is 10.4. The Bertz CT molecular complexity index is 235. The summed E-state index contributed by atoms with van der Waals surface area (Å²) in [6, 6.07) is 0.289. The maximum atomic E-state index is 11.7. The van der Waals surface area contributed by atoms with Crippen LogP contribution in [0.25, 0.3) is 0 Å². The van der Waals surface area contributed by atoms with Crippen LogP contribution in [-0.2, 0) is 0 Å². The third kappa shape index (κ3) is 4.52. The number of hydrogen-bond donors (Lipinski definition) is 4. The van der Waals surface area contributed by atoms with Gasteiger partial charge in [-0.2, -0.15) is 0 Å². The molecule has 2 rings (SSSR count). The summed E-state index contributed by atoms with van der Waals surface area (Å²) in [5, 5.41) is 12.7. The van der Waals surface area contributed by atoms with Crippen molar-refractivity contribution < 1.29 is 4.79 Å². The molecule has 98 valence electrons. The number of carbonyl (C=O) groups excluding carboxylic acids is 1. The molecule has 2 aliphatic heterocycles. The highest BCUT2D eigenvalue weighted by molar-refractivity contribution is 5.74. The second-order valence-electron chi connectivity index (χ2n) is 5.11. The Labute approximate surface area is 103 Å². The van der Waals surface area contributed by atoms with E-state index >= 15 is 0 Å². The zero-order valence-corrected chi connectivity index (χ0v) is 10.4. The van der Waals surface area contributed by atoms with Crippen LogP contribution >= 0.6 is 0 Å². The van der Waals surface area contributed by atoms with Crippen LogP contribution in [0.3, 0.4) is 0 Å². The van der Waals surface area contributed by atoms with Gasteiger partial charge in [0.1, 0.15) is 0 Å². The van der Waals surface area contributed by atoms with Gasteiger partial charge in [0.25, 0.3) is 0 Å². The van der Waals surface area contributed by atoms with Gasteiger partial charge in [-0.3, -0.25) is 0 Å². The smallest absolute Gasteiger partial charge is 0.315 e. The lowest BCUT2D eigenvalue weighted by atomic mass is 10.00. The number of rotatable bonds is 3. The minimum absolute atomic E-state index is 0.00993. The molecule has 0 saturated carbocycles. The molecule has 0 aromatic rings. The van der Waals surface area contributed by atoms with Gasteiger partial charge in [-0.1, -0.05) is 0 Å². The first-order valence-corrected chi connectivity index (χ1v) is 6.80. The lowest BCUT2D eigenvalue weighted by Crippen LogP contribution is -2.50. The minimum atomic E-state index is -0.00993. The summed E-state index contributed by atoms with van der Waals surface area (Å²) in [5.74, 6) is 0.596. The SMILES string of the molecule is O=C(NCC1CCCNC1)NC1CCCNC1. The van der Waals surface area contributed by atoms with Gasteiger partial charge in [0.2, 0.25) is 0 Å². The van der Waals surface area contributed by atoms with E-state index in [1.165, 1.54) is 12.8 Å². The van der Waals surface area contributed by atoms with E-state index in [4.69, 9.17) is 0 Å². The van der Waals surface area contributed by atoms with Crippen LogP contribution in [-0.4, -0.2) is 44.8 Å². The Hall–Kier alpha value is -0.810. The molecule has 0 aliphatic carbocycles. The average Bonchev–Trinajstić information content (AvgIpc) is 2.39. The van der Waals surface area contributed by atoms with E-state index in [-0.39, 0.29) is 6.03 Å². The topological polar surface area (TPSA) is 65.2 Å². The molecule has 4 N–H and O–H groups in total. The van der Waals surface area contributed by atoms with Crippen LogP contribution in [0.4, 0.5) is 4.79 Å². The molecule has 0 bridgehead atoms. The van der Waals surface area contributed by atoms with Crippen LogP contribution in [0.15, 0.2) is 0 Å². The fraction of sp³-hybridized carbons (Fsp3) is 0.917. The molecule has 0 aromatic heterocycles. The monoisotopic (exact) mass is 240 g/mol. The highest BCUT2D eigenvalue weighted by Gasteiger charge is 2.17. The number of amides is 2. The number of nitrogens with one attached hydrogen (secondary N) is 4. The van der Waals surface area contributed by atoms with Gasteiger partial charge in [-0.25, -0.2) is 4.79 Å². The summed E-state index contributed by atoms with van der Waals surface area (Å²) in [6.45, 7) is 4.92. The van der Waals surface area contributed by atoms with Gasteiger partial charge in [0.05, 0.1) is 0 Å². The molecule has 17 heavy (non-hydrogen) atoms. The van der Waals surface area contributed by atoms with Crippen molar-refractivity contribution in [1.82, 2.24) is 21.3 Å². The first-order chi connectivity index (χ1) is 8.34. The van der Waals surface area contributed by atoms with Crippen molar-refractivity contribution in [2.75, 3.05) is 32.7 Å². The third-order valence-electron chi connectivity index (χ3n) is 3.58. The predicted molar refractivity (Wildman–Crippen MR) is 68.0 cm³/mol. The first kappa shape index (κ1) is 12.6. The Morgan fingerprint density at radius 1 is 1.12 bits per heavy atom. The number of carbonyl (C=O) groups is 1. The Morgan fingerprint density at radius 3 is 2.53 bits per heavy atom. The van der Waals surface area contributed by atoms with Crippen LogP contribution in [0.5, 0.6) is 0 Å². The highest BCUT2D eigenvalue weighted by Crippen LogP contribution is 2.08. The molecule has 2 heterocycles. The van der Waals surface area contributed by atoms with Crippen molar-refractivity contribution in [3.8, 4) is 0 Å². The van der Waals surface area contributed by atoms with Gasteiger partial charge in [0.15, 0.2) is 0 Å². The highest BCUT2D eigenvalue weighted by atomic mass is 16.2. The number of hydrogen-bond acceptors (Lipinski definition) is 3. The second-order valence-corrected chi connectivity index (χ2v) is 5.11. The fourth-order valence-electron chi connectivity index (χ4n) is 2.55. The largest absolute Gasteiger partial charge is 0.338 e. The lowest BCUT2D eigenvalue weighted by Gasteiger charge is -2.26. The second kappa shape index (κ2) is 6.81. The minimum Gasteiger partial charge on any atom is -0.338 e. The Balaban J connectivity index is 1.59. The summed E-state index contributed by atoms with van der Waals surface area (Å²) in [5.41, 5.74) is 0. The molecule has 5 heteroatoms. The number of urea groups is 1. The Morgan fingerprint density at radius 2 is 1.88 bits per heavy atom. The van der Waals surface area contributed by atoms with Gasteiger partial charge < -0.3 is 21.3 Å². The van der Waals surface area contributed by atoms with Crippen LogP contribution in [0, 0.1) is 5.92 Å². The molecule has 0 radical (unpaired) electrons. The molecular formula is C12H24N4O. The van der Waals surface area contributed by atoms with E-state index in [1.54, 1.807) is 0 Å². The number of piperidine rings is 2. The molecule has 2 fully saturated rings. The quantitative estimate of drug-likeness (QED) is 0.563. The van der Waals surface area contributed by atoms with Crippen molar-refractivity contribution in [3.63, 3.8) is 0 Å². The van der Waals surface area contributed by atoms with Crippen LogP contribution in [0.2, 0.25) is 0 Å². The summed E-state index contributed by atoms with van der Waals surface area (Å²) in [6.07, 6.45) is 4.68. The molecule has 2 unspecified atom stereocenters. The van der Waals surface area contributed by atoms with Gasteiger partial charge in [-0.05, 0) is 51.2 Å². The van der Waals surface area contributed by atoms with Crippen molar-refractivity contribution in [3.05, 3.63) is 0 Å². The van der Waals surface area contributed by atoms with Gasteiger partial charge >= 0.3 is 6.03 Å². The molecule has 2 atom stereocenters.